The van der Waals surface area contributed by atoms with Crippen molar-refractivity contribution in [2.24, 2.45) is 5.73 Å². The van der Waals surface area contributed by atoms with Crippen LogP contribution in [0, 0.1) is 0 Å². The molecule has 0 amide bonds. The first-order valence-corrected chi connectivity index (χ1v) is 8.36. The summed E-state index contributed by atoms with van der Waals surface area (Å²) in [5, 5.41) is 0. The number of ketones is 1. The highest BCUT2D eigenvalue weighted by Crippen LogP contribution is 2.53. The molecule has 2 unspecified atom stereocenters. The van der Waals surface area contributed by atoms with E-state index in [1.165, 1.54) is 18.7 Å². The van der Waals surface area contributed by atoms with E-state index < -0.39 is 22.0 Å². The van der Waals surface area contributed by atoms with Crippen LogP contribution in [0.25, 0.3) is 0 Å². The first-order valence-electron chi connectivity index (χ1n) is 7.21. The number of nitrogens with two attached hydrogens (primary N) is 1. The predicted octanol–water partition coefficient (Wildman–Crippen LogP) is 3.10. The summed E-state index contributed by atoms with van der Waals surface area (Å²) < 4.78 is 5.30. The van der Waals surface area contributed by atoms with E-state index in [-0.39, 0.29) is 5.78 Å². The molecule has 2 rings (SSSR count). The summed E-state index contributed by atoms with van der Waals surface area (Å²) in [4.78, 5) is 26.0. The Bertz CT molecular complexity index is 661. The van der Waals surface area contributed by atoms with Crippen LogP contribution in [0.3, 0.4) is 0 Å². The van der Waals surface area contributed by atoms with Crippen molar-refractivity contribution in [3.63, 3.8) is 0 Å². The average Bonchev–Trinajstić information content (AvgIpc) is 2.42. The lowest BCUT2D eigenvalue weighted by atomic mass is 9.89. The smallest absolute Gasteiger partial charge is 0.350 e. The fraction of sp³-hybridized carbons (Fsp3) is 0.500. The fourth-order valence-corrected chi connectivity index (χ4v) is 4.16. The number of fused-ring (bicyclic) bond motifs is 1. The normalized spacial score (nSPS) is 27.3. The van der Waals surface area contributed by atoms with E-state index in [1.54, 1.807) is 39.8 Å². The molecule has 2 atom stereocenters. The minimum Gasteiger partial charge on any atom is -0.457 e. The lowest BCUT2D eigenvalue weighted by molar-refractivity contribution is -0.163. The summed E-state index contributed by atoms with van der Waals surface area (Å²) in [6.45, 7) is 8.23. The lowest BCUT2D eigenvalue weighted by Gasteiger charge is -2.50. The number of hydrogen-bond donors (Lipinski definition) is 1. The number of ether oxygens (including phenoxy) is 1. The Kier molecular flexibility index (Phi) is 4.47. The van der Waals surface area contributed by atoms with Crippen LogP contribution in [-0.4, -0.2) is 27.8 Å². The topological polar surface area (TPSA) is 72.6 Å². The number of carbonyl (C=O) groups excluding carboxylic acids is 2. The minimum absolute atomic E-state index is 0.254. The number of carbonyl (C=O) groups is 2. The standard InChI is InChI=1S/C16H21ClN2O3S/c1-10(20)15(5)16(18,13(21)22-14(2,3)4)19(17)11-8-6-7-9-12(11)23-15/h6-9H,18H2,1-5H3. The molecule has 0 aliphatic carbocycles. The van der Waals surface area contributed by atoms with Gasteiger partial charge in [0.25, 0.3) is 0 Å². The highest BCUT2D eigenvalue weighted by atomic mass is 35.5. The van der Waals surface area contributed by atoms with Crippen LogP contribution in [0.5, 0.6) is 0 Å². The average molecular weight is 357 g/mol. The summed E-state index contributed by atoms with van der Waals surface area (Å²) in [6, 6.07) is 7.22. The van der Waals surface area contributed by atoms with Crippen molar-refractivity contribution in [1.82, 2.24) is 0 Å². The number of thioether (sulfide) groups is 1. The number of para-hydroxylation sites is 1. The van der Waals surface area contributed by atoms with E-state index in [4.69, 9.17) is 22.2 Å². The number of benzene rings is 1. The summed E-state index contributed by atoms with van der Waals surface area (Å²) in [5.41, 5.74) is 4.42. The van der Waals surface area contributed by atoms with Crippen LogP contribution in [0.15, 0.2) is 29.2 Å². The highest BCUT2D eigenvalue weighted by Gasteiger charge is 2.63. The molecule has 1 heterocycles. The van der Waals surface area contributed by atoms with Gasteiger partial charge in [0.2, 0.25) is 5.66 Å². The van der Waals surface area contributed by atoms with Crippen molar-refractivity contribution in [2.75, 3.05) is 4.42 Å². The third kappa shape index (κ3) is 2.84. The van der Waals surface area contributed by atoms with E-state index in [1.807, 2.05) is 12.1 Å². The molecule has 1 aliphatic heterocycles. The van der Waals surface area contributed by atoms with Crippen molar-refractivity contribution in [1.29, 1.82) is 0 Å². The number of Topliss-reactive ketones (excluding diaryl/α,β-unsaturated/α-hetero) is 1. The van der Waals surface area contributed by atoms with Crippen LogP contribution < -0.4 is 10.2 Å². The van der Waals surface area contributed by atoms with Gasteiger partial charge in [0.15, 0.2) is 0 Å². The quantitative estimate of drug-likeness (QED) is 0.648. The molecule has 7 heteroatoms. The Balaban J connectivity index is 2.62. The third-order valence-corrected chi connectivity index (χ3v) is 5.83. The zero-order valence-corrected chi connectivity index (χ0v) is 15.4. The number of hydrogen-bond acceptors (Lipinski definition) is 6. The van der Waals surface area contributed by atoms with Crippen LogP contribution in [-0.2, 0) is 14.3 Å². The Morgan fingerprint density at radius 3 is 2.39 bits per heavy atom. The van der Waals surface area contributed by atoms with Gasteiger partial charge < -0.3 is 4.74 Å². The van der Waals surface area contributed by atoms with E-state index in [0.717, 1.165) is 9.31 Å². The van der Waals surface area contributed by atoms with Gasteiger partial charge in [-0.2, -0.15) is 0 Å². The summed E-state index contributed by atoms with van der Waals surface area (Å²) in [6.07, 6.45) is 0. The molecule has 0 bridgehead atoms. The van der Waals surface area contributed by atoms with Gasteiger partial charge in [0, 0.05) is 16.7 Å². The highest BCUT2D eigenvalue weighted by molar-refractivity contribution is 8.01. The molecule has 1 aliphatic rings. The van der Waals surface area contributed by atoms with Crippen molar-refractivity contribution >= 4 is 41.0 Å². The van der Waals surface area contributed by atoms with Gasteiger partial charge in [-0.1, -0.05) is 12.1 Å². The Morgan fingerprint density at radius 2 is 1.87 bits per heavy atom. The molecular weight excluding hydrogens is 336 g/mol. The molecule has 0 aromatic heterocycles. The van der Waals surface area contributed by atoms with Crippen molar-refractivity contribution in [2.45, 2.75) is 55.5 Å². The summed E-state index contributed by atoms with van der Waals surface area (Å²) in [5.74, 6) is -0.990. The first kappa shape index (κ1) is 18.1. The summed E-state index contributed by atoms with van der Waals surface area (Å²) >= 11 is 7.68. The molecule has 23 heavy (non-hydrogen) atoms. The zero-order chi connectivity index (χ0) is 17.6. The van der Waals surface area contributed by atoms with Crippen LogP contribution in [0.4, 0.5) is 5.69 Å². The molecule has 1 aromatic rings. The molecule has 0 radical (unpaired) electrons. The van der Waals surface area contributed by atoms with E-state index >= 15 is 0 Å². The number of anilines is 1. The molecule has 2 N–H and O–H groups in total. The number of esters is 1. The molecule has 5 nitrogen and oxygen atoms in total. The second kappa shape index (κ2) is 5.69. The van der Waals surface area contributed by atoms with Crippen LogP contribution in [0.1, 0.15) is 34.6 Å². The Hall–Kier alpha value is -1.24. The lowest BCUT2D eigenvalue weighted by Crippen LogP contribution is -2.74. The van der Waals surface area contributed by atoms with Crippen LogP contribution in [0.2, 0.25) is 0 Å². The molecule has 0 saturated heterocycles. The van der Waals surface area contributed by atoms with Crippen molar-refractivity contribution < 1.29 is 14.3 Å². The zero-order valence-electron chi connectivity index (χ0n) is 13.8. The monoisotopic (exact) mass is 356 g/mol. The maximum atomic E-state index is 12.8. The molecule has 0 spiro atoms. The Labute approximate surface area is 145 Å². The molecule has 0 saturated carbocycles. The van der Waals surface area contributed by atoms with Gasteiger partial charge in [-0.3, -0.25) is 14.9 Å². The molecule has 1 aromatic carbocycles. The van der Waals surface area contributed by atoms with Gasteiger partial charge in [0.05, 0.1) is 5.69 Å². The van der Waals surface area contributed by atoms with Crippen molar-refractivity contribution in [3.05, 3.63) is 24.3 Å². The SMILES string of the molecule is CC(=O)C1(C)Sc2ccccc2N(Cl)C1(N)C(=O)OC(C)(C)C. The van der Waals surface area contributed by atoms with Gasteiger partial charge in [-0.05, 0) is 46.8 Å². The fourth-order valence-electron chi connectivity index (χ4n) is 2.35. The number of halogens is 1. The maximum absolute atomic E-state index is 12.8. The van der Waals surface area contributed by atoms with E-state index in [9.17, 15) is 9.59 Å². The second-order valence-electron chi connectivity index (χ2n) is 6.71. The van der Waals surface area contributed by atoms with Crippen molar-refractivity contribution in [3.8, 4) is 0 Å². The number of nitrogens with zero attached hydrogens (tertiary/aromatic N) is 1. The largest absolute Gasteiger partial charge is 0.457 e. The second-order valence-corrected chi connectivity index (χ2v) is 8.51. The maximum Gasteiger partial charge on any atom is 0.350 e. The number of rotatable bonds is 2. The third-order valence-electron chi connectivity index (χ3n) is 3.81. The molecule has 0 fully saturated rings. The van der Waals surface area contributed by atoms with E-state index in [0.29, 0.717) is 5.69 Å². The van der Waals surface area contributed by atoms with Gasteiger partial charge in [0.1, 0.15) is 16.1 Å². The summed E-state index contributed by atoms with van der Waals surface area (Å²) in [7, 11) is 0. The van der Waals surface area contributed by atoms with Gasteiger partial charge in [-0.15, -0.1) is 11.8 Å². The van der Waals surface area contributed by atoms with Gasteiger partial charge in [-0.25, -0.2) is 4.79 Å². The van der Waals surface area contributed by atoms with Gasteiger partial charge >= 0.3 is 5.97 Å². The molecular formula is C16H21ClN2O3S. The predicted molar refractivity (Wildman–Crippen MR) is 92.5 cm³/mol. The first-order chi connectivity index (χ1) is 10.4. The molecule has 126 valence electrons. The Morgan fingerprint density at radius 1 is 1.30 bits per heavy atom. The van der Waals surface area contributed by atoms with Crippen LogP contribution >= 0.6 is 23.5 Å². The minimum atomic E-state index is -1.83. The van der Waals surface area contributed by atoms with E-state index in [2.05, 4.69) is 0 Å².